The summed E-state index contributed by atoms with van der Waals surface area (Å²) in [5.41, 5.74) is 1.23. The van der Waals surface area contributed by atoms with E-state index in [-0.39, 0.29) is 6.61 Å². The molecule has 4 aromatic rings. The van der Waals surface area contributed by atoms with Gasteiger partial charge >= 0.3 is 0 Å². The molecule has 0 bridgehead atoms. The van der Waals surface area contributed by atoms with E-state index in [1.165, 1.54) is 11.3 Å². The van der Waals surface area contributed by atoms with Crippen molar-refractivity contribution in [3.63, 3.8) is 0 Å². The van der Waals surface area contributed by atoms with Crippen molar-refractivity contribution < 1.29 is 9.47 Å². The molecule has 3 aromatic carbocycles. The molecule has 0 N–H and O–H groups in total. The van der Waals surface area contributed by atoms with Crippen molar-refractivity contribution in [2.45, 2.75) is 6.61 Å². The number of nitrogens with zero attached hydrogens (tertiary/aromatic N) is 2. The van der Waals surface area contributed by atoms with E-state index in [1.807, 2.05) is 18.2 Å². The number of ether oxygens (including phenoxy) is 2. The first-order chi connectivity index (χ1) is 14.0. The second-order valence-corrected chi connectivity index (χ2v) is 8.33. The fraction of sp³-hybridized carbons (Fsp3) is 0.0476. The zero-order valence-corrected chi connectivity index (χ0v) is 17.7. The summed E-state index contributed by atoms with van der Waals surface area (Å²) in [5.74, 6) is 1.45. The van der Waals surface area contributed by atoms with Crippen LogP contribution < -0.4 is 9.47 Å². The van der Waals surface area contributed by atoms with Crippen LogP contribution in [-0.2, 0) is 6.61 Å². The van der Waals surface area contributed by atoms with Crippen molar-refractivity contribution in [1.82, 2.24) is 4.98 Å². The Labute approximate surface area is 186 Å². The van der Waals surface area contributed by atoms with Gasteiger partial charge in [0.05, 0.1) is 21.8 Å². The van der Waals surface area contributed by atoms with Crippen molar-refractivity contribution in [2.75, 3.05) is 0 Å². The van der Waals surface area contributed by atoms with E-state index in [4.69, 9.17) is 50.8 Å². The van der Waals surface area contributed by atoms with Crippen LogP contribution in [0.3, 0.4) is 0 Å². The van der Waals surface area contributed by atoms with Crippen LogP contribution in [0.25, 0.3) is 15.1 Å². The highest BCUT2D eigenvalue weighted by Gasteiger charge is 2.09. The minimum atomic E-state index is 0.272. The van der Waals surface area contributed by atoms with Gasteiger partial charge in [-0.05, 0) is 42.5 Å². The van der Waals surface area contributed by atoms with E-state index in [0.717, 1.165) is 15.2 Å². The molecule has 1 aromatic heterocycles. The normalized spacial score (nSPS) is 10.7. The van der Waals surface area contributed by atoms with Crippen LogP contribution in [0.5, 0.6) is 17.2 Å². The molecule has 1 heterocycles. The Balaban J connectivity index is 1.53. The Kier molecular flexibility index (Phi) is 5.79. The summed E-state index contributed by atoms with van der Waals surface area (Å²) < 4.78 is 12.6. The minimum Gasteiger partial charge on any atom is -0.486 e. The van der Waals surface area contributed by atoms with Gasteiger partial charge in [-0.15, -0.1) is 11.3 Å². The lowest BCUT2D eigenvalue weighted by Crippen LogP contribution is -1.95. The fourth-order valence-electron chi connectivity index (χ4n) is 2.66. The summed E-state index contributed by atoms with van der Waals surface area (Å²) in [6.45, 7) is 7.40. The lowest BCUT2D eigenvalue weighted by atomic mass is 10.3. The van der Waals surface area contributed by atoms with Crippen molar-refractivity contribution in [3.05, 3.63) is 86.1 Å². The SMILES string of the molecule is [C-]#[N+]c1cc(Cl)cc(Oc2cc(Cl)cc(OCc3nc4cccc(Cl)c4s3)c2)c1. The fourth-order valence-corrected chi connectivity index (χ4v) is 4.26. The Hall–Kier alpha value is -2.49. The van der Waals surface area contributed by atoms with Gasteiger partial charge in [0.25, 0.3) is 0 Å². The van der Waals surface area contributed by atoms with E-state index in [2.05, 4.69) is 9.83 Å². The molecule has 0 amide bonds. The van der Waals surface area contributed by atoms with Gasteiger partial charge in [-0.2, -0.15) is 0 Å². The molecule has 0 spiro atoms. The molecule has 29 heavy (non-hydrogen) atoms. The molecule has 0 aliphatic carbocycles. The maximum Gasteiger partial charge on any atom is 0.192 e. The third kappa shape index (κ3) is 4.75. The van der Waals surface area contributed by atoms with Crippen LogP contribution in [0, 0.1) is 6.57 Å². The molecule has 0 unspecified atom stereocenters. The monoisotopic (exact) mass is 460 g/mol. The number of rotatable bonds is 5. The van der Waals surface area contributed by atoms with Crippen LogP contribution >= 0.6 is 46.1 Å². The molecule has 0 aliphatic rings. The number of thiazole rings is 1. The molecule has 0 radical (unpaired) electrons. The Bertz CT molecular complexity index is 1250. The standard InChI is InChI=1S/C21H11Cl3N2O2S/c1-25-14-5-12(22)7-16(9-14)28-17-8-13(23)6-15(10-17)27-11-20-26-19-4-2-3-18(24)21(19)29-20/h2-10H,11H2. The first-order valence-corrected chi connectivity index (χ1v) is 10.3. The van der Waals surface area contributed by atoms with Crippen LogP contribution in [0.2, 0.25) is 15.1 Å². The van der Waals surface area contributed by atoms with Gasteiger partial charge in [-0.25, -0.2) is 9.83 Å². The molecule has 0 aliphatic heterocycles. The Morgan fingerprint density at radius 3 is 2.41 bits per heavy atom. The number of benzene rings is 3. The second-order valence-electron chi connectivity index (χ2n) is 5.97. The largest absolute Gasteiger partial charge is 0.486 e. The van der Waals surface area contributed by atoms with Gasteiger partial charge in [-0.3, -0.25) is 0 Å². The molecule has 0 saturated heterocycles. The van der Waals surface area contributed by atoms with Gasteiger partial charge in [-0.1, -0.05) is 40.9 Å². The first-order valence-electron chi connectivity index (χ1n) is 8.33. The smallest absolute Gasteiger partial charge is 0.192 e. The number of hydrogen-bond donors (Lipinski definition) is 0. The molecule has 0 atom stereocenters. The summed E-state index contributed by atoms with van der Waals surface area (Å²) in [4.78, 5) is 7.91. The summed E-state index contributed by atoms with van der Waals surface area (Å²) >= 11 is 19.9. The maximum absolute atomic E-state index is 7.13. The third-order valence-electron chi connectivity index (χ3n) is 3.84. The predicted molar refractivity (Wildman–Crippen MR) is 118 cm³/mol. The van der Waals surface area contributed by atoms with Crippen molar-refractivity contribution in [1.29, 1.82) is 0 Å². The van der Waals surface area contributed by atoms with E-state index < -0.39 is 0 Å². The topological polar surface area (TPSA) is 35.7 Å². The molecule has 0 saturated carbocycles. The highest BCUT2D eigenvalue weighted by atomic mass is 35.5. The summed E-state index contributed by atoms with van der Waals surface area (Å²) in [6.07, 6.45) is 0. The number of aromatic nitrogens is 1. The lowest BCUT2D eigenvalue weighted by molar-refractivity contribution is 0.304. The van der Waals surface area contributed by atoms with Gasteiger partial charge in [0.15, 0.2) is 5.69 Å². The van der Waals surface area contributed by atoms with Gasteiger partial charge in [0.1, 0.15) is 28.9 Å². The number of halogens is 3. The minimum absolute atomic E-state index is 0.272. The van der Waals surface area contributed by atoms with Crippen molar-refractivity contribution >= 4 is 62.0 Å². The van der Waals surface area contributed by atoms with E-state index in [1.54, 1.807) is 36.4 Å². The zero-order valence-electron chi connectivity index (χ0n) is 14.7. The van der Waals surface area contributed by atoms with Crippen LogP contribution in [0.15, 0.2) is 54.6 Å². The van der Waals surface area contributed by atoms with Crippen LogP contribution in [0.1, 0.15) is 5.01 Å². The highest BCUT2D eigenvalue weighted by molar-refractivity contribution is 7.19. The number of fused-ring (bicyclic) bond motifs is 1. The van der Waals surface area contributed by atoms with Crippen LogP contribution in [-0.4, -0.2) is 4.98 Å². The highest BCUT2D eigenvalue weighted by Crippen LogP contribution is 2.34. The molecular weight excluding hydrogens is 451 g/mol. The summed E-state index contributed by atoms with van der Waals surface area (Å²) in [7, 11) is 0. The quantitative estimate of drug-likeness (QED) is 0.281. The van der Waals surface area contributed by atoms with Crippen LogP contribution in [0.4, 0.5) is 5.69 Å². The van der Waals surface area contributed by atoms with Crippen molar-refractivity contribution in [2.24, 2.45) is 0 Å². The Morgan fingerprint density at radius 1 is 0.931 bits per heavy atom. The lowest BCUT2D eigenvalue weighted by Gasteiger charge is -2.10. The average molecular weight is 462 g/mol. The molecule has 4 nitrogen and oxygen atoms in total. The first kappa shape index (κ1) is 19.8. The number of hydrogen-bond acceptors (Lipinski definition) is 4. The van der Waals surface area contributed by atoms with Gasteiger partial charge in [0.2, 0.25) is 0 Å². The zero-order chi connectivity index (χ0) is 20.4. The molecule has 0 fully saturated rings. The third-order valence-corrected chi connectivity index (χ3v) is 5.78. The van der Waals surface area contributed by atoms with E-state index >= 15 is 0 Å². The van der Waals surface area contributed by atoms with Crippen molar-refractivity contribution in [3.8, 4) is 17.2 Å². The van der Waals surface area contributed by atoms with E-state index in [0.29, 0.717) is 38.0 Å². The molecule has 144 valence electrons. The molecule has 8 heteroatoms. The molecular formula is C21H11Cl3N2O2S. The average Bonchev–Trinajstić information content (AvgIpc) is 3.10. The van der Waals surface area contributed by atoms with Gasteiger partial charge in [0, 0.05) is 16.1 Å². The maximum atomic E-state index is 7.13. The van der Waals surface area contributed by atoms with Gasteiger partial charge < -0.3 is 9.47 Å². The van der Waals surface area contributed by atoms with E-state index in [9.17, 15) is 0 Å². The Morgan fingerprint density at radius 2 is 1.66 bits per heavy atom. The summed E-state index contributed by atoms with van der Waals surface area (Å²) in [5, 5.41) is 2.34. The second kappa shape index (κ2) is 8.48. The summed E-state index contributed by atoms with van der Waals surface area (Å²) in [6, 6.07) is 15.5. The molecule has 4 rings (SSSR count). The predicted octanol–water partition coefficient (Wildman–Crippen LogP) is 8.18.